The molecule has 0 amide bonds. The topological polar surface area (TPSA) is 72.8 Å². The van der Waals surface area contributed by atoms with Gasteiger partial charge in [0, 0.05) is 4.57 Å². The van der Waals surface area contributed by atoms with Crippen molar-refractivity contribution in [3.8, 4) is 0 Å². The average Bonchev–Trinajstić information content (AvgIpc) is 1.63. The molecule has 0 aromatic heterocycles. The van der Waals surface area contributed by atoms with Crippen LogP contribution in [-0.4, -0.2) is 17.9 Å². The van der Waals surface area contributed by atoms with Crippen molar-refractivity contribution in [2.75, 3.05) is 6.61 Å². The molecule has 0 saturated heterocycles. The zero-order valence-corrected chi connectivity index (χ0v) is 5.63. The van der Waals surface area contributed by atoms with E-state index in [9.17, 15) is 9.36 Å². The Hall–Kier alpha value is -0.670. The van der Waals surface area contributed by atoms with Gasteiger partial charge < -0.3 is 5.11 Å². The molecule has 0 heterocycles. The number of hydrogen-bond acceptors (Lipinski definition) is 4. The van der Waals surface area contributed by atoms with Gasteiger partial charge in [-0.15, -0.1) is 9.05 Å². The molecule has 0 bridgehead atoms. The van der Waals surface area contributed by atoms with Crippen molar-refractivity contribution in [3.63, 3.8) is 0 Å². The van der Waals surface area contributed by atoms with Crippen LogP contribution in [0.3, 0.4) is 0 Å². The summed E-state index contributed by atoms with van der Waals surface area (Å²) in [6.07, 6.45) is -1.59. The molecule has 0 aromatic rings. The Balaban J connectivity index is 3.39. The largest absolute Gasteiger partial charge is 0.756 e. The summed E-state index contributed by atoms with van der Waals surface area (Å²) in [5, 5.41) is 7.82. The van der Waals surface area contributed by atoms with Crippen molar-refractivity contribution in [1.82, 2.24) is 0 Å². The van der Waals surface area contributed by atoms with E-state index in [4.69, 9.17) is 5.11 Å². The number of rotatable bonds is 3. The maximum atomic E-state index is 10.2. The van der Waals surface area contributed by atoms with Crippen molar-refractivity contribution >= 4 is 14.4 Å². The molecule has 52 valence electrons. The second-order valence-electron chi connectivity index (χ2n) is 0.999. The minimum Gasteiger partial charge on any atom is -0.447 e. The summed E-state index contributed by atoms with van der Waals surface area (Å²) >= 11 is 0. The second kappa shape index (κ2) is 4.23. The smallest absolute Gasteiger partial charge is 0.447 e. The lowest BCUT2D eigenvalue weighted by Crippen LogP contribution is -1.92. The van der Waals surface area contributed by atoms with Gasteiger partial charge in [0.15, 0.2) is 0 Å². The zero-order chi connectivity index (χ0) is 7.28. The van der Waals surface area contributed by atoms with E-state index in [1.165, 1.54) is 0 Å². The molecule has 1 unspecified atom stereocenters. The van der Waals surface area contributed by atoms with Crippen LogP contribution < -0.4 is 0 Å². The Morgan fingerprint density at radius 2 is 2.33 bits per heavy atom. The van der Waals surface area contributed by atoms with E-state index in [1.807, 2.05) is 0 Å². The van der Waals surface area contributed by atoms with E-state index in [0.717, 1.165) is 0 Å². The molecule has 0 aliphatic heterocycles. The maximum Gasteiger partial charge on any atom is 0.756 e. The molecule has 0 rings (SSSR count). The summed E-state index contributed by atoms with van der Waals surface area (Å²) < 4.78 is 18.1. The standard InChI is InChI=1S/C3H5O5P/c1-2-7-9(6)8-3(4)5/h2H2,1H3/p+1. The molecular weight excluding hydrogens is 147 g/mol. The molecule has 0 aliphatic rings. The fourth-order valence-electron chi connectivity index (χ4n) is 0.196. The van der Waals surface area contributed by atoms with E-state index in [2.05, 4.69) is 9.05 Å². The van der Waals surface area contributed by atoms with E-state index < -0.39 is 14.4 Å². The molecule has 0 spiro atoms. The molecule has 0 saturated carbocycles. The van der Waals surface area contributed by atoms with E-state index >= 15 is 0 Å². The van der Waals surface area contributed by atoms with Crippen LogP contribution >= 0.6 is 8.25 Å². The Kier molecular flexibility index (Phi) is 3.92. The third kappa shape index (κ3) is 5.20. The van der Waals surface area contributed by atoms with Crippen molar-refractivity contribution in [2.24, 2.45) is 0 Å². The molecule has 0 aromatic carbocycles. The first-order valence-corrected chi connectivity index (χ1v) is 3.27. The molecular formula is C3H6O5P+. The molecule has 9 heavy (non-hydrogen) atoms. The van der Waals surface area contributed by atoms with E-state index in [0.29, 0.717) is 0 Å². The minimum atomic E-state index is -2.47. The number of hydrogen-bond donors (Lipinski definition) is 1. The van der Waals surface area contributed by atoms with Crippen LogP contribution in [-0.2, 0) is 13.6 Å². The van der Waals surface area contributed by atoms with Gasteiger partial charge in [-0.1, -0.05) is 0 Å². The second-order valence-corrected chi connectivity index (χ2v) is 1.89. The first kappa shape index (κ1) is 8.33. The van der Waals surface area contributed by atoms with Gasteiger partial charge in [0.25, 0.3) is 0 Å². The summed E-state index contributed by atoms with van der Waals surface area (Å²) in [5.74, 6) is 0. The van der Waals surface area contributed by atoms with E-state index in [1.54, 1.807) is 6.92 Å². The normalized spacial score (nSPS) is 10.6. The summed E-state index contributed by atoms with van der Waals surface area (Å²) in [6.45, 7) is 1.75. The molecule has 0 radical (unpaired) electrons. The molecule has 6 heteroatoms. The predicted molar refractivity (Wildman–Crippen MR) is 28.3 cm³/mol. The fraction of sp³-hybridized carbons (Fsp3) is 0.667. The Labute approximate surface area is 52.5 Å². The van der Waals surface area contributed by atoms with Gasteiger partial charge in [-0.05, 0) is 6.92 Å². The van der Waals surface area contributed by atoms with Crippen molar-refractivity contribution in [1.29, 1.82) is 0 Å². The average molecular weight is 153 g/mol. The molecule has 1 N–H and O–H groups in total. The lowest BCUT2D eigenvalue weighted by atomic mass is 10.9. The monoisotopic (exact) mass is 153 g/mol. The molecule has 5 nitrogen and oxygen atoms in total. The van der Waals surface area contributed by atoms with Gasteiger partial charge in [0.1, 0.15) is 6.61 Å². The highest BCUT2D eigenvalue weighted by molar-refractivity contribution is 7.33. The van der Waals surface area contributed by atoms with Gasteiger partial charge in [0.05, 0.1) is 0 Å². The molecule has 1 atom stereocenters. The zero-order valence-electron chi connectivity index (χ0n) is 4.73. The van der Waals surface area contributed by atoms with E-state index in [-0.39, 0.29) is 6.61 Å². The van der Waals surface area contributed by atoms with Crippen LogP contribution in [0, 0.1) is 0 Å². The van der Waals surface area contributed by atoms with Crippen molar-refractivity contribution < 1.29 is 23.5 Å². The Bertz CT molecular complexity index is 121. The Morgan fingerprint density at radius 1 is 1.78 bits per heavy atom. The van der Waals surface area contributed by atoms with Crippen LogP contribution in [0.4, 0.5) is 4.79 Å². The summed E-state index contributed by atoms with van der Waals surface area (Å²) in [5.41, 5.74) is 0. The quantitative estimate of drug-likeness (QED) is 0.620. The third-order valence-electron chi connectivity index (χ3n) is 0.387. The van der Waals surface area contributed by atoms with Crippen LogP contribution in [0.15, 0.2) is 0 Å². The SMILES string of the molecule is CCO[P+](=O)OC(=O)O. The predicted octanol–water partition coefficient (Wildman–Crippen LogP) is 1.37. The van der Waals surface area contributed by atoms with Gasteiger partial charge in [-0.3, -0.25) is 0 Å². The van der Waals surface area contributed by atoms with Gasteiger partial charge >= 0.3 is 14.4 Å². The van der Waals surface area contributed by atoms with Crippen LogP contribution in [0.25, 0.3) is 0 Å². The van der Waals surface area contributed by atoms with Crippen LogP contribution in [0.2, 0.25) is 0 Å². The first-order valence-electron chi connectivity index (χ1n) is 2.18. The number of carboxylic acid groups (broad SMARTS) is 1. The fourth-order valence-corrected chi connectivity index (χ4v) is 0.587. The summed E-state index contributed by atoms with van der Waals surface area (Å²) in [6, 6.07) is 0. The Morgan fingerprint density at radius 3 is 2.67 bits per heavy atom. The highest BCUT2D eigenvalue weighted by atomic mass is 31.1. The third-order valence-corrected chi connectivity index (χ3v) is 1.16. The minimum absolute atomic E-state index is 0.169. The van der Waals surface area contributed by atoms with Crippen molar-refractivity contribution in [3.05, 3.63) is 0 Å². The number of carbonyl (C=O) groups is 1. The van der Waals surface area contributed by atoms with Gasteiger partial charge in [-0.2, -0.15) is 4.79 Å². The van der Waals surface area contributed by atoms with Crippen LogP contribution in [0.5, 0.6) is 0 Å². The van der Waals surface area contributed by atoms with Crippen LogP contribution in [0.1, 0.15) is 6.92 Å². The lowest BCUT2D eigenvalue weighted by Gasteiger charge is -1.78. The van der Waals surface area contributed by atoms with Crippen molar-refractivity contribution in [2.45, 2.75) is 6.92 Å². The maximum absolute atomic E-state index is 10.2. The lowest BCUT2D eigenvalue weighted by molar-refractivity contribution is 0.137. The highest BCUT2D eigenvalue weighted by Gasteiger charge is 2.24. The first-order chi connectivity index (χ1) is 4.16. The highest BCUT2D eigenvalue weighted by Crippen LogP contribution is 2.22. The summed E-state index contributed by atoms with van der Waals surface area (Å²) in [4.78, 5) is 9.60. The molecule has 0 aliphatic carbocycles. The summed E-state index contributed by atoms with van der Waals surface area (Å²) in [7, 11) is -2.47. The van der Waals surface area contributed by atoms with Gasteiger partial charge in [0.2, 0.25) is 0 Å². The molecule has 0 fully saturated rings. The van der Waals surface area contributed by atoms with Gasteiger partial charge in [-0.25, -0.2) is 0 Å².